The number of rotatable bonds is 1. The van der Waals surface area contributed by atoms with Crippen molar-refractivity contribution in [1.82, 2.24) is 14.6 Å². The molecular weight excluding hydrogens is 190 g/mol. The van der Waals surface area contributed by atoms with Gasteiger partial charge in [-0.1, -0.05) is 6.07 Å². The Hall–Kier alpha value is -1.42. The van der Waals surface area contributed by atoms with Gasteiger partial charge in [-0.25, -0.2) is 9.50 Å². The van der Waals surface area contributed by atoms with Crippen molar-refractivity contribution >= 4 is 5.65 Å². The van der Waals surface area contributed by atoms with Crippen molar-refractivity contribution in [2.45, 2.75) is 25.4 Å². The van der Waals surface area contributed by atoms with E-state index in [0.29, 0.717) is 0 Å². The molecular formula is C11H13N3O. The van der Waals surface area contributed by atoms with Gasteiger partial charge in [0, 0.05) is 12.8 Å². The maximum Gasteiger partial charge on any atom is 0.180 e. The molecule has 0 N–H and O–H groups in total. The van der Waals surface area contributed by atoms with Crippen LogP contribution in [0.3, 0.4) is 0 Å². The lowest BCUT2D eigenvalue weighted by Crippen LogP contribution is -2.12. The molecule has 2 aromatic heterocycles. The van der Waals surface area contributed by atoms with Crippen LogP contribution < -0.4 is 0 Å². The second-order valence-electron chi connectivity index (χ2n) is 3.83. The number of pyridine rings is 1. The molecule has 0 spiro atoms. The maximum absolute atomic E-state index is 5.66. The number of nitrogens with zero attached hydrogens (tertiary/aromatic N) is 3. The zero-order valence-corrected chi connectivity index (χ0v) is 8.47. The Kier molecular flexibility index (Phi) is 2.14. The van der Waals surface area contributed by atoms with Crippen molar-refractivity contribution in [2.24, 2.45) is 0 Å². The van der Waals surface area contributed by atoms with E-state index in [1.165, 1.54) is 6.42 Å². The normalized spacial score (nSPS) is 22.0. The Balaban J connectivity index is 1.96. The molecule has 2 aromatic rings. The van der Waals surface area contributed by atoms with Crippen molar-refractivity contribution in [3.05, 3.63) is 30.2 Å². The molecule has 1 aliphatic heterocycles. The first-order valence-electron chi connectivity index (χ1n) is 5.36. The third-order valence-corrected chi connectivity index (χ3v) is 2.73. The van der Waals surface area contributed by atoms with Crippen LogP contribution in [0.15, 0.2) is 24.4 Å². The molecule has 3 rings (SSSR count). The second kappa shape index (κ2) is 3.62. The number of fused-ring (bicyclic) bond motifs is 1. The predicted octanol–water partition coefficient (Wildman–Crippen LogP) is 1.97. The Labute approximate surface area is 87.9 Å². The first-order chi connectivity index (χ1) is 7.43. The predicted molar refractivity (Wildman–Crippen MR) is 55.5 cm³/mol. The molecule has 1 atom stereocenters. The summed E-state index contributed by atoms with van der Waals surface area (Å²) in [7, 11) is 0. The van der Waals surface area contributed by atoms with Crippen LogP contribution in [0.5, 0.6) is 0 Å². The Morgan fingerprint density at radius 1 is 1.33 bits per heavy atom. The third-order valence-electron chi connectivity index (χ3n) is 2.73. The van der Waals surface area contributed by atoms with E-state index < -0.39 is 0 Å². The highest BCUT2D eigenvalue weighted by Crippen LogP contribution is 2.25. The summed E-state index contributed by atoms with van der Waals surface area (Å²) in [5.41, 5.74) is 0.890. The number of ether oxygens (including phenoxy) is 1. The Morgan fingerprint density at radius 3 is 3.13 bits per heavy atom. The van der Waals surface area contributed by atoms with Crippen LogP contribution in [-0.2, 0) is 4.74 Å². The molecule has 0 aliphatic carbocycles. The summed E-state index contributed by atoms with van der Waals surface area (Å²) in [5.74, 6) is 0.820. The first kappa shape index (κ1) is 8.85. The van der Waals surface area contributed by atoms with Crippen molar-refractivity contribution in [1.29, 1.82) is 0 Å². The lowest BCUT2D eigenvalue weighted by molar-refractivity contribution is 0.00962. The van der Waals surface area contributed by atoms with E-state index in [9.17, 15) is 0 Å². The van der Waals surface area contributed by atoms with Gasteiger partial charge < -0.3 is 4.74 Å². The molecule has 4 nitrogen and oxygen atoms in total. The summed E-state index contributed by atoms with van der Waals surface area (Å²) in [5, 5.41) is 4.42. The highest BCUT2D eigenvalue weighted by Gasteiger charge is 2.20. The fraction of sp³-hybridized carbons (Fsp3) is 0.455. The molecule has 15 heavy (non-hydrogen) atoms. The molecule has 1 aliphatic rings. The molecule has 0 amide bonds. The van der Waals surface area contributed by atoms with Crippen LogP contribution >= 0.6 is 0 Å². The summed E-state index contributed by atoms with van der Waals surface area (Å²) in [6.45, 7) is 0.834. The summed E-state index contributed by atoms with van der Waals surface area (Å²) in [6.07, 6.45) is 5.41. The molecule has 0 bridgehead atoms. The van der Waals surface area contributed by atoms with Crippen molar-refractivity contribution in [2.75, 3.05) is 6.61 Å². The van der Waals surface area contributed by atoms with Crippen LogP contribution in [0, 0.1) is 0 Å². The molecule has 0 radical (unpaired) electrons. The van der Waals surface area contributed by atoms with Gasteiger partial charge in [0.2, 0.25) is 0 Å². The van der Waals surface area contributed by atoms with Gasteiger partial charge in [-0.2, -0.15) is 0 Å². The average Bonchev–Trinajstić information content (AvgIpc) is 2.74. The van der Waals surface area contributed by atoms with Gasteiger partial charge in [0.1, 0.15) is 6.10 Å². The van der Waals surface area contributed by atoms with Crippen molar-refractivity contribution in [3.63, 3.8) is 0 Å². The summed E-state index contributed by atoms with van der Waals surface area (Å²) < 4.78 is 7.45. The van der Waals surface area contributed by atoms with Crippen LogP contribution in [0.25, 0.3) is 5.65 Å². The summed E-state index contributed by atoms with van der Waals surface area (Å²) in [4.78, 5) is 4.46. The number of hydrogen-bond acceptors (Lipinski definition) is 3. The second-order valence-corrected chi connectivity index (χ2v) is 3.83. The van der Waals surface area contributed by atoms with Crippen LogP contribution in [0.1, 0.15) is 31.2 Å². The molecule has 4 heteroatoms. The van der Waals surface area contributed by atoms with E-state index in [1.807, 2.05) is 24.4 Å². The fourth-order valence-electron chi connectivity index (χ4n) is 1.93. The fourth-order valence-corrected chi connectivity index (χ4v) is 1.93. The van der Waals surface area contributed by atoms with E-state index in [1.54, 1.807) is 4.52 Å². The molecule has 0 saturated carbocycles. The van der Waals surface area contributed by atoms with E-state index in [2.05, 4.69) is 10.1 Å². The molecule has 3 heterocycles. The first-order valence-corrected chi connectivity index (χ1v) is 5.36. The van der Waals surface area contributed by atoms with Gasteiger partial charge >= 0.3 is 0 Å². The Bertz CT molecular complexity index is 427. The van der Waals surface area contributed by atoms with Gasteiger partial charge in [0.25, 0.3) is 0 Å². The van der Waals surface area contributed by atoms with Crippen LogP contribution in [0.2, 0.25) is 0 Å². The maximum atomic E-state index is 5.66. The molecule has 0 aromatic carbocycles. The topological polar surface area (TPSA) is 39.4 Å². The van der Waals surface area contributed by atoms with Crippen molar-refractivity contribution in [3.8, 4) is 0 Å². The Morgan fingerprint density at radius 2 is 2.33 bits per heavy atom. The van der Waals surface area contributed by atoms with Gasteiger partial charge in [0.05, 0.1) is 0 Å². The zero-order chi connectivity index (χ0) is 10.1. The molecule has 1 saturated heterocycles. The quantitative estimate of drug-likeness (QED) is 0.711. The van der Waals surface area contributed by atoms with Gasteiger partial charge in [0.15, 0.2) is 11.5 Å². The van der Waals surface area contributed by atoms with E-state index >= 15 is 0 Å². The van der Waals surface area contributed by atoms with Crippen LogP contribution in [-0.4, -0.2) is 21.2 Å². The SMILES string of the molecule is c1ccn2nc(C3CCCCO3)nc2c1. The standard InChI is InChI=1S/C11H13N3O/c1-3-7-14-10(6-1)12-11(13-14)9-5-2-4-8-15-9/h1,3,6-7,9H,2,4-5,8H2. The minimum atomic E-state index is 0.0960. The van der Waals surface area contributed by atoms with Gasteiger partial charge in [-0.3, -0.25) is 0 Å². The lowest BCUT2D eigenvalue weighted by atomic mass is 10.1. The summed E-state index contributed by atoms with van der Waals surface area (Å²) >= 11 is 0. The molecule has 1 fully saturated rings. The van der Waals surface area contributed by atoms with E-state index in [-0.39, 0.29) is 6.10 Å². The van der Waals surface area contributed by atoms with E-state index in [4.69, 9.17) is 4.74 Å². The monoisotopic (exact) mass is 203 g/mol. The molecule has 78 valence electrons. The zero-order valence-electron chi connectivity index (χ0n) is 8.47. The smallest absolute Gasteiger partial charge is 0.180 e. The highest BCUT2D eigenvalue weighted by molar-refractivity contribution is 5.36. The lowest BCUT2D eigenvalue weighted by Gasteiger charge is -2.19. The largest absolute Gasteiger partial charge is 0.370 e. The van der Waals surface area contributed by atoms with Gasteiger partial charge in [-0.15, -0.1) is 5.10 Å². The van der Waals surface area contributed by atoms with Gasteiger partial charge in [-0.05, 0) is 31.4 Å². The number of aromatic nitrogens is 3. The molecule has 1 unspecified atom stereocenters. The average molecular weight is 203 g/mol. The minimum Gasteiger partial charge on any atom is -0.370 e. The minimum absolute atomic E-state index is 0.0960. The highest BCUT2D eigenvalue weighted by atomic mass is 16.5. The number of hydrogen-bond donors (Lipinski definition) is 0. The van der Waals surface area contributed by atoms with E-state index in [0.717, 1.165) is 30.9 Å². The van der Waals surface area contributed by atoms with Crippen molar-refractivity contribution < 1.29 is 4.74 Å². The summed E-state index contributed by atoms with van der Waals surface area (Å²) in [6, 6.07) is 5.88. The van der Waals surface area contributed by atoms with Crippen LogP contribution in [0.4, 0.5) is 0 Å². The third kappa shape index (κ3) is 1.61.